The molecule has 0 aliphatic carbocycles. The van der Waals surface area contributed by atoms with Gasteiger partial charge in [0, 0.05) is 32.4 Å². The van der Waals surface area contributed by atoms with Crippen molar-refractivity contribution in [2.75, 3.05) is 40.8 Å². The molecule has 1 atom stereocenters. The Balaban J connectivity index is 2.28. The summed E-state index contributed by atoms with van der Waals surface area (Å²) in [5.74, 6) is 0.934. The number of likely N-dealkylation sites (N-methyl/N-ethyl adjacent to an activating group) is 2. The van der Waals surface area contributed by atoms with Crippen molar-refractivity contribution in [1.82, 2.24) is 19.8 Å². The van der Waals surface area contributed by atoms with Gasteiger partial charge in [0.05, 0.1) is 12.6 Å². The summed E-state index contributed by atoms with van der Waals surface area (Å²) in [6.07, 6.45) is 0. The highest BCUT2D eigenvalue weighted by Gasteiger charge is 2.25. The smallest absolute Gasteiger partial charge is 0.130 e. The predicted octanol–water partition coefficient (Wildman–Crippen LogP) is 1.20. The first kappa shape index (κ1) is 13.6. The third-order valence-corrected chi connectivity index (χ3v) is 3.49. The van der Waals surface area contributed by atoms with E-state index in [1.165, 1.54) is 0 Å². The molecule has 0 aromatic carbocycles. The van der Waals surface area contributed by atoms with Gasteiger partial charge in [-0.3, -0.25) is 4.90 Å². The van der Waals surface area contributed by atoms with Crippen LogP contribution in [0.3, 0.4) is 0 Å². The van der Waals surface area contributed by atoms with Crippen LogP contribution in [0.4, 0.5) is 0 Å². The number of hydrogen-bond acceptors (Lipinski definition) is 5. The summed E-state index contributed by atoms with van der Waals surface area (Å²) in [6.45, 7) is 3.63. The van der Waals surface area contributed by atoms with Crippen molar-refractivity contribution >= 4 is 12.2 Å². The zero-order valence-corrected chi connectivity index (χ0v) is 12.0. The number of rotatable bonds is 3. The van der Waals surface area contributed by atoms with E-state index in [1.54, 1.807) is 7.11 Å². The molecule has 1 saturated heterocycles. The van der Waals surface area contributed by atoms with Crippen LogP contribution in [0.2, 0.25) is 0 Å². The van der Waals surface area contributed by atoms with E-state index in [9.17, 15) is 0 Å². The summed E-state index contributed by atoms with van der Waals surface area (Å²) in [7, 11) is 5.93. The summed E-state index contributed by atoms with van der Waals surface area (Å²) < 4.78 is 5.77. The van der Waals surface area contributed by atoms with Crippen molar-refractivity contribution in [3.63, 3.8) is 0 Å². The topological polar surface area (TPSA) is 44.4 Å². The molecule has 1 aliphatic heterocycles. The van der Waals surface area contributed by atoms with Gasteiger partial charge in [0.15, 0.2) is 0 Å². The van der Waals surface area contributed by atoms with Gasteiger partial charge in [-0.05, 0) is 20.2 Å². The van der Waals surface area contributed by atoms with E-state index in [0.717, 1.165) is 31.2 Å². The molecule has 2 heterocycles. The molecule has 1 aliphatic rings. The largest absolute Gasteiger partial charge is 0.378 e. The van der Waals surface area contributed by atoms with Crippen molar-refractivity contribution < 1.29 is 4.74 Å². The number of methoxy groups -OCH3 is 1. The van der Waals surface area contributed by atoms with Gasteiger partial charge in [0.2, 0.25) is 0 Å². The molecule has 0 radical (unpaired) electrons. The SMILES string of the molecule is COCc1cc(=S)nc(C2CN(C)CCN2C)[nH]1. The fraction of sp³-hybridized carbons (Fsp3) is 0.667. The van der Waals surface area contributed by atoms with E-state index in [1.807, 2.05) is 6.07 Å². The van der Waals surface area contributed by atoms with Gasteiger partial charge in [0.25, 0.3) is 0 Å². The van der Waals surface area contributed by atoms with Crippen LogP contribution in [0.15, 0.2) is 6.07 Å². The van der Waals surface area contributed by atoms with Crippen molar-refractivity contribution in [1.29, 1.82) is 0 Å². The maximum Gasteiger partial charge on any atom is 0.130 e. The van der Waals surface area contributed by atoms with Crippen LogP contribution in [0.25, 0.3) is 0 Å². The van der Waals surface area contributed by atoms with E-state index in [2.05, 4.69) is 33.9 Å². The van der Waals surface area contributed by atoms with E-state index in [-0.39, 0.29) is 6.04 Å². The second-order valence-electron chi connectivity index (χ2n) is 4.82. The molecule has 1 fully saturated rings. The first-order valence-corrected chi connectivity index (χ1v) is 6.49. The lowest BCUT2D eigenvalue weighted by atomic mass is 10.1. The van der Waals surface area contributed by atoms with Gasteiger partial charge in [-0.1, -0.05) is 12.2 Å². The number of H-pyrrole nitrogens is 1. The molecule has 6 heteroatoms. The molecule has 0 amide bonds. The lowest BCUT2D eigenvalue weighted by molar-refractivity contribution is 0.108. The molecule has 2 rings (SSSR count). The van der Waals surface area contributed by atoms with Crippen molar-refractivity contribution in [2.24, 2.45) is 0 Å². The Morgan fingerprint density at radius 3 is 3.00 bits per heavy atom. The van der Waals surface area contributed by atoms with Gasteiger partial charge in [-0.25, -0.2) is 4.98 Å². The highest BCUT2D eigenvalue weighted by molar-refractivity contribution is 7.71. The molecule has 0 spiro atoms. The number of aromatic nitrogens is 2. The minimum atomic E-state index is 0.266. The molecular weight excluding hydrogens is 248 g/mol. The second kappa shape index (κ2) is 5.88. The monoisotopic (exact) mass is 268 g/mol. The van der Waals surface area contributed by atoms with Gasteiger partial charge in [0.1, 0.15) is 10.5 Å². The van der Waals surface area contributed by atoms with Crippen molar-refractivity contribution in [3.05, 3.63) is 22.2 Å². The molecule has 0 bridgehead atoms. The van der Waals surface area contributed by atoms with Gasteiger partial charge in [-0.15, -0.1) is 0 Å². The zero-order valence-electron chi connectivity index (χ0n) is 11.1. The molecule has 5 nitrogen and oxygen atoms in total. The lowest BCUT2D eigenvalue weighted by Gasteiger charge is -2.37. The average molecular weight is 268 g/mol. The molecular formula is C12H20N4OS. The number of ether oxygens (including phenoxy) is 1. The van der Waals surface area contributed by atoms with Crippen LogP contribution in [0.5, 0.6) is 0 Å². The maximum atomic E-state index is 5.22. The van der Waals surface area contributed by atoms with E-state index >= 15 is 0 Å². The number of nitrogens with zero attached hydrogens (tertiary/aromatic N) is 3. The van der Waals surface area contributed by atoms with Gasteiger partial charge >= 0.3 is 0 Å². The van der Waals surface area contributed by atoms with Crippen LogP contribution in [-0.4, -0.2) is 60.6 Å². The van der Waals surface area contributed by atoms with Crippen LogP contribution in [0.1, 0.15) is 17.6 Å². The Kier molecular flexibility index (Phi) is 4.45. The Morgan fingerprint density at radius 2 is 2.28 bits per heavy atom. The van der Waals surface area contributed by atoms with Crippen LogP contribution >= 0.6 is 12.2 Å². The highest BCUT2D eigenvalue weighted by atomic mass is 32.1. The molecule has 1 aromatic rings. The summed E-state index contributed by atoms with van der Waals surface area (Å²) in [5, 5.41) is 0. The van der Waals surface area contributed by atoms with Crippen LogP contribution < -0.4 is 0 Å². The third kappa shape index (κ3) is 3.14. The minimum Gasteiger partial charge on any atom is -0.378 e. The number of piperazine rings is 1. The first-order valence-electron chi connectivity index (χ1n) is 6.08. The van der Waals surface area contributed by atoms with E-state index < -0.39 is 0 Å². The number of nitrogens with one attached hydrogen (secondary N) is 1. The normalized spacial score (nSPS) is 22.3. The molecule has 1 N–H and O–H groups in total. The molecule has 0 saturated carbocycles. The summed E-state index contributed by atoms with van der Waals surface area (Å²) >= 11 is 5.22. The number of hydrogen-bond donors (Lipinski definition) is 1. The first-order chi connectivity index (χ1) is 8.60. The fourth-order valence-corrected chi connectivity index (χ4v) is 2.47. The van der Waals surface area contributed by atoms with Gasteiger partial charge < -0.3 is 14.6 Å². The Morgan fingerprint density at radius 1 is 1.50 bits per heavy atom. The standard InChI is InChI=1S/C12H20N4OS/c1-15-4-5-16(2)10(7-15)12-13-9(8-17-3)6-11(18)14-12/h6,10H,4-5,7-8H2,1-3H3,(H,13,14,18). The molecule has 1 unspecified atom stereocenters. The number of aromatic amines is 1. The quantitative estimate of drug-likeness (QED) is 0.835. The Hall–Kier alpha value is -0.820. The lowest BCUT2D eigenvalue weighted by Crippen LogP contribution is -2.45. The summed E-state index contributed by atoms with van der Waals surface area (Å²) in [6, 6.07) is 2.12. The zero-order chi connectivity index (χ0) is 13.1. The molecule has 18 heavy (non-hydrogen) atoms. The van der Waals surface area contributed by atoms with Crippen molar-refractivity contribution in [2.45, 2.75) is 12.6 Å². The third-order valence-electron chi connectivity index (χ3n) is 3.28. The predicted molar refractivity (Wildman–Crippen MR) is 73.0 cm³/mol. The maximum absolute atomic E-state index is 5.22. The Bertz CT molecular complexity index is 462. The average Bonchev–Trinajstić information content (AvgIpc) is 2.32. The van der Waals surface area contributed by atoms with Crippen molar-refractivity contribution in [3.8, 4) is 0 Å². The second-order valence-corrected chi connectivity index (χ2v) is 5.24. The summed E-state index contributed by atoms with van der Waals surface area (Å²) in [5.41, 5.74) is 0.981. The van der Waals surface area contributed by atoms with E-state index in [0.29, 0.717) is 11.2 Å². The molecule has 100 valence electrons. The Labute approximate surface area is 113 Å². The highest BCUT2D eigenvalue weighted by Crippen LogP contribution is 2.20. The van der Waals surface area contributed by atoms with Crippen LogP contribution in [0, 0.1) is 4.64 Å². The fourth-order valence-electron chi connectivity index (χ4n) is 2.23. The molecule has 1 aromatic heterocycles. The minimum absolute atomic E-state index is 0.266. The van der Waals surface area contributed by atoms with Gasteiger partial charge in [-0.2, -0.15) is 0 Å². The van der Waals surface area contributed by atoms with E-state index in [4.69, 9.17) is 17.0 Å². The van der Waals surface area contributed by atoms with Crippen LogP contribution in [-0.2, 0) is 11.3 Å². The summed E-state index contributed by atoms with van der Waals surface area (Å²) in [4.78, 5) is 12.4.